The summed E-state index contributed by atoms with van der Waals surface area (Å²) in [6.45, 7) is 10.4. The first-order chi connectivity index (χ1) is 21.3. The topological polar surface area (TPSA) is 109 Å². The van der Waals surface area contributed by atoms with Crippen LogP contribution in [0.3, 0.4) is 0 Å². The summed E-state index contributed by atoms with van der Waals surface area (Å²) in [5.41, 5.74) is 3.84. The van der Waals surface area contributed by atoms with Crippen LogP contribution in [0.25, 0.3) is 33.1 Å². The van der Waals surface area contributed by atoms with E-state index in [1.54, 1.807) is 23.2 Å². The smallest absolute Gasteiger partial charge is 0.262 e. The van der Waals surface area contributed by atoms with Crippen LogP contribution in [0.5, 0.6) is 5.88 Å². The second-order valence-electron chi connectivity index (χ2n) is 12.6. The fourth-order valence-corrected chi connectivity index (χ4v) is 6.63. The molecule has 0 radical (unpaired) electrons. The highest BCUT2D eigenvalue weighted by Gasteiger charge is 2.31. The van der Waals surface area contributed by atoms with E-state index in [1.807, 2.05) is 48.1 Å². The zero-order valence-electron chi connectivity index (χ0n) is 25.5. The van der Waals surface area contributed by atoms with Crippen LogP contribution in [0.1, 0.15) is 0 Å². The number of ether oxygens (including phenoxy) is 3. The van der Waals surface area contributed by atoms with Gasteiger partial charge in [-0.15, -0.1) is 0 Å². The molecule has 7 rings (SSSR count). The van der Waals surface area contributed by atoms with Crippen LogP contribution in [0.2, 0.25) is 25.7 Å². The quantitative estimate of drug-likeness (QED) is 0.192. The number of rotatable bonds is 8. The summed E-state index contributed by atoms with van der Waals surface area (Å²) in [4.78, 5) is 30.6. The lowest BCUT2D eigenvalue weighted by Crippen LogP contribution is -2.51. The number of aryl methyl sites for hydroxylation is 1. The van der Waals surface area contributed by atoms with Crippen LogP contribution < -0.4 is 20.5 Å². The van der Waals surface area contributed by atoms with E-state index in [4.69, 9.17) is 24.2 Å². The Bertz CT molecular complexity index is 1920. The van der Waals surface area contributed by atoms with Crippen molar-refractivity contribution < 1.29 is 14.2 Å². The highest BCUT2D eigenvalue weighted by Crippen LogP contribution is 2.37. The first-order valence-electron chi connectivity index (χ1n) is 15.0. The van der Waals surface area contributed by atoms with E-state index in [1.165, 1.54) is 0 Å². The van der Waals surface area contributed by atoms with Gasteiger partial charge in [-0.2, -0.15) is 4.98 Å². The molecule has 0 bridgehead atoms. The Morgan fingerprint density at radius 2 is 1.93 bits per heavy atom. The largest absolute Gasteiger partial charge is 0.474 e. The summed E-state index contributed by atoms with van der Waals surface area (Å²) in [5, 5.41) is 5.60. The van der Waals surface area contributed by atoms with Crippen LogP contribution in [0.4, 0.5) is 17.2 Å². The van der Waals surface area contributed by atoms with Crippen LogP contribution >= 0.6 is 0 Å². The molecule has 0 aliphatic carbocycles. The number of hydrogen-bond acceptors (Lipinski definition) is 9. The monoisotopic (exact) mass is 611 g/mol. The fourth-order valence-electron chi connectivity index (χ4n) is 5.87. The molecule has 0 saturated carbocycles. The Morgan fingerprint density at radius 1 is 1.07 bits per heavy atom. The fraction of sp³-hybridized carbons (Fsp3) is 0.375. The van der Waals surface area contributed by atoms with Gasteiger partial charge in [-0.25, -0.2) is 4.98 Å². The summed E-state index contributed by atoms with van der Waals surface area (Å²) < 4.78 is 21.2. The van der Waals surface area contributed by atoms with Crippen molar-refractivity contribution in [1.29, 1.82) is 0 Å². The average molecular weight is 612 g/mol. The van der Waals surface area contributed by atoms with Crippen molar-refractivity contribution in [3.05, 3.63) is 65.5 Å². The molecule has 1 N–H and O–H groups in total. The van der Waals surface area contributed by atoms with Crippen molar-refractivity contribution >= 4 is 47.1 Å². The highest BCUT2D eigenvalue weighted by atomic mass is 28.3. The van der Waals surface area contributed by atoms with E-state index in [0.29, 0.717) is 54.9 Å². The van der Waals surface area contributed by atoms with Crippen LogP contribution in [0.15, 0.2) is 59.9 Å². The molecule has 2 aliphatic heterocycles. The minimum Gasteiger partial charge on any atom is -0.474 e. The summed E-state index contributed by atoms with van der Waals surface area (Å²) in [6.07, 6.45) is 7.26. The van der Waals surface area contributed by atoms with Crippen molar-refractivity contribution in [2.75, 3.05) is 43.2 Å². The van der Waals surface area contributed by atoms with Gasteiger partial charge in [0.2, 0.25) is 5.88 Å². The highest BCUT2D eigenvalue weighted by molar-refractivity contribution is 6.76. The molecule has 44 heavy (non-hydrogen) atoms. The molecular weight excluding hydrogens is 574 g/mol. The number of aromatic nitrogens is 5. The normalized spacial score (nSPS) is 16.5. The van der Waals surface area contributed by atoms with E-state index in [9.17, 15) is 4.79 Å². The second-order valence-corrected chi connectivity index (χ2v) is 18.3. The van der Waals surface area contributed by atoms with Gasteiger partial charge in [0.05, 0.1) is 42.2 Å². The Labute approximate surface area is 256 Å². The molecule has 1 saturated heterocycles. The molecule has 12 heteroatoms. The first kappa shape index (κ1) is 28.5. The Morgan fingerprint density at radius 3 is 2.80 bits per heavy atom. The molecule has 5 aromatic rings. The van der Waals surface area contributed by atoms with Gasteiger partial charge in [0.15, 0.2) is 0 Å². The summed E-state index contributed by atoms with van der Waals surface area (Å²) in [7, 11) is 0.710. The maximum Gasteiger partial charge on any atom is 0.262 e. The number of anilines is 3. The van der Waals surface area contributed by atoms with Crippen LogP contribution in [-0.4, -0.2) is 71.2 Å². The molecular formula is C32H37N7O4Si. The number of pyridine rings is 4. The predicted octanol–water partition coefficient (Wildman–Crippen LogP) is 5.00. The molecule has 0 amide bonds. The third-order valence-electron chi connectivity index (χ3n) is 8.31. The van der Waals surface area contributed by atoms with Gasteiger partial charge in [0, 0.05) is 63.2 Å². The van der Waals surface area contributed by atoms with Crippen molar-refractivity contribution in [2.45, 2.75) is 38.5 Å². The molecule has 228 valence electrons. The van der Waals surface area contributed by atoms with Crippen molar-refractivity contribution in [3.8, 4) is 17.1 Å². The maximum atomic E-state index is 14.1. The van der Waals surface area contributed by atoms with Crippen molar-refractivity contribution in [1.82, 2.24) is 24.1 Å². The van der Waals surface area contributed by atoms with E-state index in [0.717, 1.165) is 40.3 Å². The number of fused-ring (bicyclic) bond motifs is 5. The van der Waals surface area contributed by atoms with E-state index in [2.05, 4.69) is 34.8 Å². The standard InChI is InChI=1S/C32H37N7O4Si/c1-37-11-8-23-22(7-10-33-30(23)37)29-24-9-12-38(20-42-15-16-44(2,3)4)32(40)28(24)25(17-34-29)35-27-6-5-26-31(36-27)43-19-21-18-41-14-13-39(21)26/h5-12,17,21H,13-16,18-20H2,1-4H3,(H,35,36)/t21-/m0/s1. The third-order valence-corrected chi connectivity index (χ3v) is 10.0. The minimum absolute atomic E-state index is 0.162. The van der Waals surface area contributed by atoms with Crippen molar-refractivity contribution in [2.24, 2.45) is 7.05 Å². The zero-order chi connectivity index (χ0) is 30.4. The van der Waals surface area contributed by atoms with E-state index >= 15 is 0 Å². The molecule has 5 aromatic heterocycles. The van der Waals surface area contributed by atoms with Crippen molar-refractivity contribution in [3.63, 3.8) is 0 Å². The Kier molecular flexibility index (Phi) is 7.35. The lowest BCUT2D eigenvalue weighted by molar-refractivity contribution is 0.0693. The summed E-state index contributed by atoms with van der Waals surface area (Å²) in [5.74, 6) is 1.14. The minimum atomic E-state index is -1.26. The molecule has 1 fully saturated rings. The zero-order valence-corrected chi connectivity index (χ0v) is 26.5. The van der Waals surface area contributed by atoms with Crippen LogP contribution in [-0.2, 0) is 23.3 Å². The molecule has 0 aromatic carbocycles. The van der Waals surface area contributed by atoms with Gasteiger partial charge in [0.1, 0.15) is 30.5 Å². The van der Waals surface area contributed by atoms with Gasteiger partial charge in [-0.05, 0) is 36.4 Å². The average Bonchev–Trinajstić information content (AvgIpc) is 3.40. The SMILES string of the molecule is Cn1ccc2c(-c3ncc(Nc4ccc5c(n4)OC[C@@H]4COCCN54)c4c(=O)n(COCC[Si](C)(C)C)ccc34)ccnc21. The maximum absolute atomic E-state index is 14.1. The molecule has 2 aliphatic rings. The lowest BCUT2D eigenvalue weighted by atomic mass is 10.0. The number of hydrogen-bond donors (Lipinski definition) is 1. The number of morpholine rings is 1. The van der Waals surface area contributed by atoms with Gasteiger partial charge in [0.25, 0.3) is 5.56 Å². The van der Waals surface area contributed by atoms with Gasteiger partial charge in [-0.3, -0.25) is 14.3 Å². The van der Waals surface area contributed by atoms with Gasteiger partial charge >= 0.3 is 0 Å². The predicted molar refractivity (Wildman–Crippen MR) is 175 cm³/mol. The van der Waals surface area contributed by atoms with E-state index in [-0.39, 0.29) is 18.3 Å². The Balaban J connectivity index is 1.29. The summed E-state index contributed by atoms with van der Waals surface area (Å²) in [6, 6.07) is 11.1. The first-order valence-corrected chi connectivity index (χ1v) is 18.7. The molecule has 11 nitrogen and oxygen atoms in total. The van der Waals surface area contributed by atoms with Gasteiger partial charge in [-0.1, -0.05) is 19.6 Å². The van der Waals surface area contributed by atoms with Gasteiger partial charge < -0.3 is 29.0 Å². The van der Waals surface area contributed by atoms with E-state index < -0.39 is 8.07 Å². The second kappa shape index (κ2) is 11.3. The number of nitrogens with zero attached hydrogens (tertiary/aromatic N) is 6. The third kappa shape index (κ3) is 5.33. The summed E-state index contributed by atoms with van der Waals surface area (Å²) >= 11 is 0. The molecule has 0 unspecified atom stereocenters. The Hall–Kier alpha value is -4.26. The number of nitrogens with one attached hydrogen (secondary N) is 1. The molecule has 1 atom stereocenters. The molecule has 0 spiro atoms. The molecule has 7 heterocycles. The lowest BCUT2D eigenvalue weighted by Gasteiger charge is -2.40. The van der Waals surface area contributed by atoms with Crippen LogP contribution in [0, 0.1) is 0 Å².